The van der Waals surface area contributed by atoms with Gasteiger partial charge < -0.3 is 9.47 Å². The van der Waals surface area contributed by atoms with E-state index in [4.69, 9.17) is 0 Å². The van der Waals surface area contributed by atoms with Crippen LogP contribution in [-0.2, 0) is 13.0 Å². The highest BCUT2D eigenvalue weighted by Crippen LogP contribution is 2.21. The molecule has 0 aliphatic rings. The molecule has 0 spiro atoms. The summed E-state index contributed by atoms with van der Waals surface area (Å²) >= 11 is 0. The quantitative estimate of drug-likeness (QED) is 0.766. The average molecular weight is 230 g/mol. The molecule has 2 nitrogen and oxygen atoms in total. The lowest BCUT2D eigenvalue weighted by molar-refractivity contribution is 0.400. The number of aromatic nitrogens is 1. The minimum Gasteiger partial charge on any atom is -0.348 e. The number of hydrogen-bond acceptors (Lipinski definition) is 1. The van der Waals surface area contributed by atoms with Crippen LogP contribution in [0.1, 0.15) is 18.9 Å². The Morgan fingerprint density at radius 2 is 2.00 bits per heavy atom. The first kappa shape index (κ1) is 12.2. The maximum absolute atomic E-state index is 2.31. The van der Waals surface area contributed by atoms with Gasteiger partial charge in [0.25, 0.3) is 0 Å². The third-order valence-corrected chi connectivity index (χ3v) is 3.30. The molecule has 0 saturated heterocycles. The molecule has 0 radical (unpaired) electrons. The van der Waals surface area contributed by atoms with Gasteiger partial charge in [-0.15, -0.1) is 0 Å². The summed E-state index contributed by atoms with van der Waals surface area (Å²) < 4.78 is 2.31. The fraction of sp³-hybridized carbons (Fsp3) is 0.467. The number of hydrogen-bond donors (Lipinski definition) is 0. The van der Waals surface area contributed by atoms with E-state index in [-0.39, 0.29) is 0 Å². The van der Waals surface area contributed by atoms with Crippen LogP contribution < -0.4 is 0 Å². The Morgan fingerprint density at radius 3 is 2.71 bits per heavy atom. The minimum absolute atomic E-state index is 1.05. The van der Waals surface area contributed by atoms with Crippen molar-refractivity contribution >= 4 is 10.9 Å². The smallest absolute Gasteiger partial charge is 0.0482 e. The highest BCUT2D eigenvalue weighted by Gasteiger charge is 2.04. The Bertz CT molecular complexity index is 483. The zero-order valence-corrected chi connectivity index (χ0v) is 11.1. The summed E-state index contributed by atoms with van der Waals surface area (Å²) in [4.78, 5) is 2.25. The predicted octanol–water partition coefficient (Wildman–Crippen LogP) is 3.16. The second kappa shape index (κ2) is 5.37. The van der Waals surface area contributed by atoms with Gasteiger partial charge >= 0.3 is 0 Å². The van der Waals surface area contributed by atoms with Crippen molar-refractivity contribution in [1.82, 2.24) is 9.47 Å². The Balaban J connectivity index is 2.19. The van der Waals surface area contributed by atoms with Gasteiger partial charge in [-0.3, -0.25) is 0 Å². The molecule has 2 rings (SSSR count). The summed E-state index contributed by atoms with van der Waals surface area (Å²) in [5.74, 6) is 0. The molecule has 0 atom stereocenters. The molecule has 17 heavy (non-hydrogen) atoms. The summed E-state index contributed by atoms with van der Waals surface area (Å²) in [5, 5.41) is 1.42. The van der Waals surface area contributed by atoms with Gasteiger partial charge in [-0.2, -0.15) is 0 Å². The molecule has 0 unspecified atom stereocenters. The lowest BCUT2D eigenvalue weighted by Gasteiger charge is -2.10. The van der Waals surface area contributed by atoms with Crippen LogP contribution in [0.25, 0.3) is 10.9 Å². The summed E-state index contributed by atoms with van der Waals surface area (Å²) in [5.41, 5.74) is 2.85. The summed E-state index contributed by atoms with van der Waals surface area (Å²) in [6.45, 7) is 4.40. The molecule has 92 valence electrons. The van der Waals surface area contributed by atoms with Gasteiger partial charge in [0.05, 0.1) is 0 Å². The molecule has 1 aromatic heterocycles. The van der Waals surface area contributed by atoms with Gasteiger partial charge in [-0.05, 0) is 58.1 Å². The number of fused-ring (bicyclic) bond motifs is 1. The van der Waals surface area contributed by atoms with Crippen molar-refractivity contribution in [3.63, 3.8) is 0 Å². The molecule has 0 aliphatic carbocycles. The highest BCUT2D eigenvalue weighted by molar-refractivity contribution is 5.83. The molecule has 0 fully saturated rings. The van der Waals surface area contributed by atoms with Crippen LogP contribution in [0.3, 0.4) is 0 Å². The lowest BCUT2D eigenvalue weighted by atomic mass is 10.1. The molecule has 0 bridgehead atoms. The van der Waals surface area contributed by atoms with E-state index in [2.05, 4.69) is 60.9 Å². The Labute approximate surface area is 104 Å². The monoisotopic (exact) mass is 230 g/mol. The lowest BCUT2D eigenvalue weighted by Crippen LogP contribution is -2.13. The Kier molecular flexibility index (Phi) is 3.85. The molecule has 0 aliphatic heterocycles. The number of rotatable bonds is 5. The maximum atomic E-state index is 2.31. The fourth-order valence-electron chi connectivity index (χ4n) is 2.37. The largest absolute Gasteiger partial charge is 0.348 e. The van der Waals surface area contributed by atoms with Crippen molar-refractivity contribution in [3.8, 4) is 0 Å². The summed E-state index contributed by atoms with van der Waals surface area (Å²) in [7, 11) is 4.27. The second-order valence-electron chi connectivity index (χ2n) is 4.86. The van der Waals surface area contributed by atoms with Crippen molar-refractivity contribution < 1.29 is 0 Å². The van der Waals surface area contributed by atoms with Gasteiger partial charge in [0.1, 0.15) is 0 Å². The molecule has 2 aromatic rings. The third kappa shape index (κ3) is 2.70. The maximum Gasteiger partial charge on any atom is 0.0482 e. The predicted molar refractivity (Wildman–Crippen MR) is 74.5 cm³/mol. The van der Waals surface area contributed by atoms with Gasteiger partial charge in [0.2, 0.25) is 0 Å². The van der Waals surface area contributed by atoms with E-state index in [1.807, 2.05) is 0 Å². The molecule has 0 saturated carbocycles. The van der Waals surface area contributed by atoms with E-state index in [0.717, 1.165) is 13.1 Å². The molecule has 0 N–H and O–H groups in total. The normalized spacial score (nSPS) is 11.5. The summed E-state index contributed by atoms with van der Waals surface area (Å²) in [6, 6.07) is 8.91. The first-order valence-electron chi connectivity index (χ1n) is 6.44. The van der Waals surface area contributed by atoms with Gasteiger partial charge in [-0.25, -0.2) is 0 Å². The average Bonchev–Trinajstić information content (AvgIpc) is 2.72. The molecule has 2 heteroatoms. The molecule has 1 aromatic carbocycles. The zero-order valence-electron chi connectivity index (χ0n) is 11.1. The highest BCUT2D eigenvalue weighted by atomic mass is 15.0. The molecular weight excluding hydrogens is 208 g/mol. The zero-order chi connectivity index (χ0) is 12.3. The standard InChI is InChI=1S/C15H22N2/c1-4-17-12-10-14-13(7-5-9-15(14)17)8-6-11-16(2)3/h5,7,9-10,12H,4,6,8,11H2,1-3H3. The van der Waals surface area contributed by atoms with Crippen LogP contribution in [0.4, 0.5) is 0 Å². The van der Waals surface area contributed by atoms with Crippen LogP contribution in [0.5, 0.6) is 0 Å². The second-order valence-corrected chi connectivity index (χ2v) is 4.86. The van der Waals surface area contributed by atoms with Crippen LogP contribution in [-0.4, -0.2) is 30.1 Å². The Hall–Kier alpha value is -1.28. The van der Waals surface area contributed by atoms with Gasteiger partial charge in [0, 0.05) is 23.6 Å². The van der Waals surface area contributed by atoms with Crippen molar-refractivity contribution in [3.05, 3.63) is 36.0 Å². The number of benzene rings is 1. The Morgan fingerprint density at radius 1 is 1.18 bits per heavy atom. The molecule has 1 heterocycles. The van der Waals surface area contributed by atoms with E-state index in [1.165, 1.54) is 29.3 Å². The van der Waals surface area contributed by atoms with E-state index in [0.29, 0.717) is 0 Å². The van der Waals surface area contributed by atoms with Crippen LogP contribution in [0, 0.1) is 0 Å². The van der Waals surface area contributed by atoms with Crippen molar-refractivity contribution in [2.24, 2.45) is 0 Å². The van der Waals surface area contributed by atoms with Crippen LogP contribution >= 0.6 is 0 Å². The third-order valence-electron chi connectivity index (χ3n) is 3.30. The van der Waals surface area contributed by atoms with Crippen molar-refractivity contribution in [1.29, 1.82) is 0 Å². The van der Waals surface area contributed by atoms with Gasteiger partial charge in [0.15, 0.2) is 0 Å². The van der Waals surface area contributed by atoms with E-state index < -0.39 is 0 Å². The first-order chi connectivity index (χ1) is 8.22. The van der Waals surface area contributed by atoms with Crippen LogP contribution in [0.2, 0.25) is 0 Å². The van der Waals surface area contributed by atoms with E-state index in [9.17, 15) is 0 Å². The molecule has 0 amide bonds. The van der Waals surface area contributed by atoms with Crippen LogP contribution in [0.15, 0.2) is 30.5 Å². The van der Waals surface area contributed by atoms with E-state index in [1.54, 1.807) is 0 Å². The molecular formula is C15H22N2. The minimum atomic E-state index is 1.05. The number of aryl methyl sites for hydroxylation is 2. The van der Waals surface area contributed by atoms with E-state index >= 15 is 0 Å². The van der Waals surface area contributed by atoms with Gasteiger partial charge in [-0.1, -0.05) is 12.1 Å². The number of nitrogens with zero attached hydrogens (tertiary/aromatic N) is 2. The van der Waals surface area contributed by atoms with Crippen molar-refractivity contribution in [2.45, 2.75) is 26.3 Å². The van der Waals surface area contributed by atoms with Crippen molar-refractivity contribution in [2.75, 3.05) is 20.6 Å². The topological polar surface area (TPSA) is 8.17 Å². The SMILES string of the molecule is CCn1ccc2c(CCCN(C)C)cccc21. The first-order valence-corrected chi connectivity index (χ1v) is 6.44. The summed E-state index contributed by atoms with van der Waals surface area (Å²) in [6.07, 6.45) is 4.59. The fourth-order valence-corrected chi connectivity index (χ4v) is 2.37.